The van der Waals surface area contributed by atoms with Crippen molar-refractivity contribution < 1.29 is 0 Å². The zero-order chi connectivity index (χ0) is 11.2. The number of rotatable bonds is 5. The summed E-state index contributed by atoms with van der Waals surface area (Å²) < 4.78 is 0. The highest BCUT2D eigenvalue weighted by molar-refractivity contribution is 7.99. The van der Waals surface area contributed by atoms with Crippen LogP contribution in [0.1, 0.15) is 18.2 Å². The van der Waals surface area contributed by atoms with Crippen LogP contribution in [0.15, 0.2) is 6.20 Å². The van der Waals surface area contributed by atoms with Crippen LogP contribution >= 0.6 is 23.1 Å². The summed E-state index contributed by atoms with van der Waals surface area (Å²) in [6.45, 7) is 6.72. The van der Waals surface area contributed by atoms with Crippen molar-refractivity contribution in [2.24, 2.45) is 0 Å². The van der Waals surface area contributed by atoms with Crippen LogP contribution in [0.2, 0.25) is 0 Å². The van der Waals surface area contributed by atoms with Crippen LogP contribution in [-0.2, 0) is 6.54 Å². The van der Waals surface area contributed by atoms with Gasteiger partial charge in [-0.3, -0.25) is 4.90 Å². The van der Waals surface area contributed by atoms with E-state index in [1.54, 1.807) is 11.3 Å². The topological polar surface area (TPSA) is 28.2 Å². The molecule has 0 aliphatic carbocycles. The zero-order valence-electron chi connectivity index (χ0n) is 9.74. The molecule has 1 aliphatic rings. The predicted octanol–water partition coefficient (Wildman–Crippen LogP) is 2.51. The van der Waals surface area contributed by atoms with E-state index >= 15 is 0 Å². The Kier molecular flexibility index (Phi) is 4.93. The summed E-state index contributed by atoms with van der Waals surface area (Å²) in [6.07, 6.45) is 3.17. The lowest BCUT2D eigenvalue weighted by Gasteiger charge is -2.25. The molecule has 1 saturated heterocycles. The minimum atomic E-state index is 1.02. The first-order chi connectivity index (χ1) is 7.88. The molecular weight excluding hydrogens is 238 g/mol. The van der Waals surface area contributed by atoms with Crippen LogP contribution < -0.4 is 5.32 Å². The quantitative estimate of drug-likeness (QED) is 0.877. The number of hydrogen-bond donors (Lipinski definition) is 1. The van der Waals surface area contributed by atoms with Crippen LogP contribution in [0.25, 0.3) is 0 Å². The van der Waals surface area contributed by atoms with E-state index in [9.17, 15) is 0 Å². The summed E-state index contributed by atoms with van der Waals surface area (Å²) in [4.78, 5) is 8.30. The van der Waals surface area contributed by atoms with E-state index in [-0.39, 0.29) is 0 Å². The Hall–Kier alpha value is -0.260. The lowest BCUT2D eigenvalue weighted by Crippen LogP contribution is -2.31. The number of aromatic nitrogens is 1. The fourth-order valence-corrected chi connectivity index (χ4v) is 3.53. The van der Waals surface area contributed by atoms with E-state index in [1.807, 2.05) is 6.20 Å². The van der Waals surface area contributed by atoms with Crippen molar-refractivity contribution in [2.75, 3.05) is 36.5 Å². The first kappa shape index (κ1) is 12.2. The maximum absolute atomic E-state index is 4.39. The highest BCUT2D eigenvalue weighted by Gasteiger charge is 2.12. The molecule has 5 heteroatoms. The van der Waals surface area contributed by atoms with Gasteiger partial charge < -0.3 is 5.32 Å². The Morgan fingerprint density at radius 1 is 1.44 bits per heavy atom. The second-order valence-electron chi connectivity index (χ2n) is 3.95. The van der Waals surface area contributed by atoms with Crippen LogP contribution in [0, 0.1) is 0 Å². The van der Waals surface area contributed by atoms with Crippen LogP contribution in [-0.4, -0.2) is 41.0 Å². The van der Waals surface area contributed by atoms with Crippen molar-refractivity contribution in [3.63, 3.8) is 0 Å². The number of anilines is 1. The molecule has 1 aliphatic heterocycles. The molecule has 0 bridgehead atoms. The number of thioether (sulfide) groups is 1. The Balaban J connectivity index is 1.81. The maximum Gasteiger partial charge on any atom is 0.182 e. The number of hydrogen-bond acceptors (Lipinski definition) is 5. The minimum absolute atomic E-state index is 1.02. The fourth-order valence-electron chi connectivity index (χ4n) is 1.67. The Morgan fingerprint density at radius 3 is 3.00 bits per heavy atom. The van der Waals surface area contributed by atoms with Crippen molar-refractivity contribution >= 4 is 28.2 Å². The molecule has 0 aromatic carbocycles. The van der Waals surface area contributed by atoms with Crippen molar-refractivity contribution in [2.45, 2.75) is 19.9 Å². The molecular formula is C11H19N3S2. The smallest absolute Gasteiger partial charge is 0.182 e. The monoisotopic (exact) mass is 257 g/mol. The van der Waals surface area contributed by atoms with Gasteiger partial charge in [0.2, 0.25) is 0 Å². The normalized spacial score (nSPS) is 17.6. The minimum Gasteiger partial charge on any atom is -0.362 e. The standard InChI is InChI=1S/C11H19N3S2/c1-2-3-12-11-13-8-10(16-11)9-14-4-6-15-7-5-14/h8H,2-7,9H2,1H3,(H,12,13). The van der Waals surface area contributed by atoms with Gasteiger partial charge in [-0.1, -0.05) is 6.92 Å². The fraction of sp³-hybridized carbons (Fsp3) is 0.727. The molecule has 1 aromatic rings. The Labute approximate surface area is 106 Å². The average Bonchev–Trinajstić information content (AvgIpc) is 2.75. The number of nitrogens with one attached hydrogen (secondary N) is 1. The third-order valence-electron chi connectivity index (χ3n) is 2.56. The molecule has 0 unspecified atom stereocenters. The molecule has 0 amide bonds. The molecule has 90 valence electrons. The molecule has 0 spiro atoms. The summed E-state index contributed by atoms with van der Waals surface area (Å²) in [6, 6.07) is 0. The summed E-state index contributed by atoms with van der Waals surface area (Å²) in [5, 5.41) is 4.41. The largest absolute Gasteiger partial charge is 0.362 e. The maximum atomic E-state index is 4.39. The van der Waals surface area contributed by atoms with Gasteiger partial charge in [-0.05, 0) is 6.42 Å². The lowest BCUT2D eigenvalue weighted by atomic mass is 10.4. The van der Waals surface area contributed by atoms with Crippen molar-refractivity contribution in [3.05, 3.63) is 11.1 Å². The van der Waals surface area contributed by atoms with E-state index in [0.717, 1.165) is 24.6 Å². The van der Waals surface area contributed by atoms with Gasteiger partial charge in [0.25, 0.3) is 0 Å². The van der Waals surface area contributed by atoms with Crippen molar-refractivity contribution in [3.8, 4) is 0 Å². The molecule has 1 N–H and O–H groups in total. The van der Waals surface area contributed by atoms with E-state index in [4.69, 9.17) is 0 Å². The van der Waals surface area contributed by atoms with Gasteiger partial charge >= 0.3 is 0 Å². The predicted molar refractivity (Wildman–Crippen MR) is 73.5 cm³/mol. The second-order valence-corrected chi connectivity index (χ2v) is 6.29. The van der Waals surface area contributed by atoms with Crippen LogP contribution in [0.4, 0.5) is 5.13 Å². The van der Waals surface area contributed by atoms with Gasteiger partial charge in [0.15, 0.2) is 5.13 Å². The number of thiazole rings is 1. The van der Waals surface area contributed by atoms with Gasteiger partial charge in [-0.2, -0.15) is 11.8 Å². The third kappa shape index (κ3) is 3.64. The summed E-state index contributed by atoms with van der Waals surface area (Å²) in [5.74, 6) is 2.56. The van der Waals surface area contributed by atoms with Gasteiger partial charge in [0.05, 0.1) is 0 Å². The van der Waals surface area contributed by atoms with Crippen molar-refractivity contribution in [1.82, 2.24) is 9.88 Å². The zero-order valence-corrected chi connectivity index (χ0v) is 11.4. The molecule has 2 heterocycles. The molecule has 0 radical (unpaired) electrons. The molecule has 16 heavy (non-hydrogen) atoms. The Morgan fingerprint density at radius 2 is 2.25 bits per heavy atom. The molecule has 1 fully saturated rings. The van der Waals surface area contributed by atoms with Crippen LogP contribution in [0.3, 0.4) is 0 Å². The summed E-state index contributed by atoms with van der Waals surface area (Å²) in [5.41, 5.74) is 0. The van der Waals surface area contributed by atoms with Gasteiger partial charge in [-0.15, -0.1) is 11.3 Å². The van der Waals surface area contributed by atoms with Crippen molar-refractivity contribution in [1.29, 1.82) is 0 Å². The molecule has 2 rings (SSSR count). The number of nitrogens with zero attached hydrogens (tertiary/aromatic N) is 2. The molecule has 0 saturated carbocycles. The van der Waals surface area contributed by atoms with Gasteiger partial charge in [-0.25, -0.2) is 4.98 Å². The van der Waals surface area contributed by atoms with E-state index in [0.29, 0.717) is 0 Å². The van der Waals surface area contributed by atoms with E-state index < -0.39 is 0 Å². The summed E-state index contributed by atoms with van der Waals surface area (Å²) in [7, 11) is 0. The first-order valence-electron chi connectivity index (χ1n) is 5.87. The first-order valence-corrected chi connectivity index (χ1v) is 7.84. The molecule has 3 nitrogen and oxygen atoms in total. The highest BCUT2D eigenvalue weighted by atomic mass is 32.2. The SMILES string of the molecule is CCCNc1ncc(CN2CCSCC2)s1. The van der Waals surface area contributed by atoms with Gasteiger partial charge in [0, 0.05) is 48.8 Å². The van der Waals surface area contributed by atoms with Crippen LogP contribution in [0.5, 0.6) is 0 Å². The van der Waals surface area contributed by atoms with E-state index in [1.165, 1.54) is 29.5 Å². The highest BCUT2D eigenvalue weighted by Crippen LogP contribution is 2.21. The third-order valence-corrected chi connectivity index (χ3v) is 4.45. The average molecular weight is 257 g/mol. The molecule has 1 aromatic heterocycles. The summed E-state index contributed by atoms with van der Waals surface area (Å²) >= 11 is 3.86. The van der Waals surface area contributed by atoms with E-state index in [2.05, 4.69) is 33.9 Å². The Bertz CT molecular complexity index is 308. The second kappa shape index (κ2) is 6.47. The van der Waals surface area contributed by atoms with Gasteiger partial charge in [0.1, 0.15) is 0 Å². The lowest BCUT2D eigenvalue weighted by molar-refractivity contribution is 0.297. The molecule has 0 atom stereocenters.